The number of hydrogen-bond donors (Lipinski definition) is 0. The minimum absolute atomic E-state index is 0.0891. The maximum Gasteiger partial charge on any atom is 0.306 e. The lowest BCUT2D eigenvalue weighted by Gasteiger charge is -2.18. The quantitative estimate of drug-likeness (QED) is 0.0261. The van der Waals surface area contributed by atoms with Crippen LogP contribution in [0, 0.1) is 0 Å². The van der Waals surface area contributed by atoms with Crippen molar-refractivity contribution in [2.45, 2.75) is 303 Å². The van der Waals surface area contributed by atoms with Crippen LogP contribution in [0.1, 0.15) is 297 Å². The maximum absolute atomic E-state index is 12.9. The molecule has 0 radical (unpaired) electrons. The van der Waals surface area contributed by atoms with Gasteiger partial charge in [-0.05, 0) is 122 Å². The SMILES string of the molecule is CC/C=C\C/C=C\C/C=C\C/C=C\C/C=C\C/C=C\CCCCCCCCCCC(=O)OCC(COC(=O)CCCCCCC/C=C\C/C=C\CCC)OC(=O)CCCCCCCCC/C=C\CCCCCCCCC. The predicted molar refractivity (Wildman–Crippen MR) is 330 cm³/mol. The summed E-state index contributed by atoms with van der Waals surface area (Å²) in [6, 6.07) is 0. The normalized spacial score (nSPS) is 12.8. The molecule has 0 saturated carbocycles. The molecule has 0 aromatic carbocycles. The first kappa shape index (κ1) is 72.1. The summed E-state index contributed by atoms with van der Waals surface area (Å²) in [7, 11) is 0. The first-order valence-electron chi connectivity index (χ1n) is 31.9. The highest BCUT2D eigenvalue weighted by Gasteiger charge is 2.19. The molecular formula is C70H118O6. The molecule has 0 rings (SSSR count). The monoisotopic (exact) mass is 1050 g/mol. The van der Waals surface area contributed by atoms with Crippen molar-refractivity contribution in [2.75, 3.05) is 13.2 Å². The molecule has 0 aromatic rings. The van der Waals surface area contributed by atoms with E-state index in [0.29, 0.717) is 19.3 Å². The third-order valence-electron chi connectivity index (χ3n) is 13.5. The highest BCUT2D eigenvalue weighted by atomic mass is 16.6. The zero-order valence-electron chi connectivity index (χ0n) is 49.7. The van der Waals surface area contributed by atoms with Crippen LogP contribution in [0.15, 0.2) is 109 Å². The van der Waals surface area contributed by atoms with Gasteiger partial charge in [-0.1, -0.05) is 265 Å². The Labute approximate surface area is 470 Å². The summed E-state index contributed by atoms with van der Waals surface area (Å²) in [4.78, 5) is 38.3. The Hall–Kier alpha value is -3.93. The van der Waals surface area contributed by atoms with Gasteiger partial charge in [0.15, 0.2) is 6.10 Å². The van der Waals surface area contributed by atoms with Crippen LogP contribution in [0.25, 0.3) is 0 Å². The summed E-state index contributed by atoms with van der Waals surface area (Å²) in [5.41, 5.74) is 0. The Bertz CT molecular complexity index is 1540. The second-order valence-corrected chi connectivity index (χ2v) is 20.9. The van der Waals surface area contributed by atoms with E-state index in [4.69, 9.17) is 14.2 Å². The number of carbonyl (C=O) groups is 3. The smallest absolute Gasteiger partial charge is 0.306 e. The fraction of sp³-hybridized carbons (Fsp3) is 0.700. The van der Waals surface area contributed by atoms with Gasteiger partial charge >= 0.3 is 17.9 Å². The van der Waals surface area contributed by atoms with E-state index in [1.165, 1.54) is 122 Å². The maximum atomic E-state index is 12.9. The van der Waals surface area contributed by atoms with Crippen LogP contribution in [-0.2, 0) is 28.6 Å². The molecule has 434 valence electrons. The standard InChI is InChI=1S/C70H118O6/c1-4-7-10-13-16-19-22-25-27-29-31-32-33-34-35-36-37-38-39-41-42-45-48-51-54-57-60-63-69(72)75-66-67(65-74-68(71)62-59-56-53-50-47-44-24-21-18-15-12-9-6-3)76-70(73)64-61-58-55-52-49-46-43-40-30-28-26-23-20-17-14-11-8-5-2/h7,10,12,15-16,19,21,24-25,27-28,30-32,34-35,37-38,67H,4-6,8-9,11,13-14,17-18,20,22-23,26,29,33,36,39-66H2,1-3H3/b10-7-,15-12-,19-16-,24-21-,27-25-,30-28-,32-31-,35-34-,38-37-. The molecule has 0 bridgehead atoms. The van der Waals surface area contributed by atoms with Gasteiger partial charge in [-0.3, -0.25) is 14.4 Å². The molecule has 0 heterocycles. The van der Waals surface area contributed by atoms with E-state index in [-0.39, 0.29) is 31.1 Å². The molecule has 1 unspecified atom stereocenters. The van der Waals surface area contributed by atoms with E-state index < -0.39 is 6.10 Å². The Morgan fingerprint density at radius 3 is 0.868 bits per heavy atom. The number of unbranched alkanes of at least 4 members (excludes halogenated alkanes) is 28. The second kappa shape index (κ2) is 63.6. The van der Waals surface area contributed by atoms with Gasteiger partial charge in [0, 0.05) is 19.3 Å². The Morgan fingerprint density at radius 2 is 0.539 bits per heavy atom. The molecule has 0 aliphatic carbocycles. The lowest BCUT2D eigenvalue weighted by atomic mass is 10.1. The summed E-state index contributed by atoms with van der Waals surface area (Å²) < 4.78 is 16.9. The minimum atomic E-state index is -0.792. The molecule has 0 saturated heterocycles. The van der Waals surface area contributed by atoms with Crippen LogP contribution >= 0.6 is 0 Å². The van der Waals surface area contributed by atoms with E-state index in [1.807, 2.05) is 0 Å². The van der Waals surface area contributed by atoms with Gasteiger partial charge < -0.3 is 14.2 Å². The van der Waals surface area contributed by atoms with Crippen molar-refractivity contribution < 1.29 is 28.6 Å². The molecule has 0 aliphatic rings. The summed E-state index contributed by atoms with van der Waals surface area (Å²) in [5, 5.41) is 0. The van der Waals surface area contributed by atoms with Crippen molar-refractivity contribution in [1.82, 2.24) is 0 Å². The lowest BCUT2D eigenvalue weighted by molar-refractivity contribution is -0.167. The fourth-order valence-corrected chi connectivity index (χ4v) is 8.71. The van der Waals surface area contributed by atoms with Crippen LogP contribution < -0.4 is 0 Å². The number of ether oxygens (including phenoxy) is 3. The number of carbonyl (C=O) groups excluding carboxylic acids is 3. The van der Waals surface area contributed by atoms with Crippen LogP contribution in [0.5, 0.6) is 0 Å². The lowest BCUT2D eigenvalue weighted by Crippen LogP contribution is -2.30. The molecule has 0 N–H and O–H groups in total. The van der Waals surface area contributed by atoms with Gasteiger partial charge in [0.1, 0.15) is 13.2 Å². The Morgan fingerprint density at radius 1 is 0.276 bits per heavy atom. The number of allylic oxidation sites excluding steroid dienone is 18. The highest BCUT2D eigenvalue weighted by molar-refractivity contribution is 5.71. The molecule has 6 nitrogen and oxygen atoms in total. The van der Waals surface area contributed by atoms with Gasteiger partial charge in [0.25, 0.3) is 0 Å². The van der Waals surface area contributed by atoms with E-state index in [1.54, 1.807) is 0 Å². The first-order chi connectivity index (χ1) is 37.5. The van der Waals surface area contributed by atoms with Crippen LogP contribution in [0.2, 0.25) is 0 Å². The van der Waals surface area contributed by atoms with E-state index >= 15 is 0 Å². The summed E-state index contributed by atoms with van der Waals surface area (Å²) in [5.74, 6) is -0.909. The topological polar surface area (TPSA) is 78.9 Å². The molecular weight excluding hydrogens is 937 g/mol. The zero-order valence-corrected chi connectivity index (χ0v) is 49.7. The average molecular weight is 1060 g/mol. The van der Waals surface area contributed by atoms with Gasteiger partial charge in [0.2, 0.25) is 0 Å². The van der Waals surface area contributed by atoms with Gasteiger partial charge in [-0.25, -0.2) is 0 Å². The van der Waals surface area contributed by atoms with Crippen molar-refractivity contribution in [3.05, 3.63) is 109 Å². The van der Waals surface area contributed by atoms with Crippen LogP contribution in [0.3, 0.4) is 0 Å². The third kappa shape index (κ3) is 60.9. The summed E-state index contributed by atoms with van der Waals surface area (Å²) in [6.07, 6.45) is 86.6. The van der Waals surface area contributed by atoms with Crippen LogP contribution in [0.4, 0.5) is 0 Å². The molecule has 0 aromatic heterocycles. The largest absolute Gasteiger partial charge is 0.462 e. The molecule has 1 atom stereocenters. The highest BCUT2D eigenvalue weighted by Crippen LogP contribution is 2.15. The molecule has 6 heteroatoms. The van der Waals surface area contributed by atoms with E-state index in [9.17, 15) is 14.4 Å². The summed E-state index contributed by atoms with van der Waals surface area (Å²) in [6.45, 7) is 6.45. The summed E-state index contributed by atoms with van der Waals surface area (Å²) >= 11 is 0. The van der Waals surface area contributed by atoms with Crippen molar-refractivity contribution in [3.63, 3.8) is 0 Å². The van der Waals surface area contributed by atoms with Gasteiger partial charge in [0.05, 0.1) is 0 Å². The zero-order chi connectivity index (χ0) is 55.0. The minimum Gasteiger partial charge on any atom is -0.462 e. The third-order valence-corrected chi connectivity index (χ3v) is 13.5. The van der Waals surface area contributed by atoms with E-state index in [0.717, 1.165) is 135 Å². The number of rotatable bonds is 57. The molecule has 0 spiro atoms. The Balaban J connectivity index is 4.35. The van der Waals surface area contributed by atoms with Gasteiger partial charge in [-0.2, -0.15) is 0 Å². The first-order valence-corrected chi connectivity index (χ1v) is 31.9. The van der Waals surface area contributed by atoms with Crippen molar-refractivity contribution in [1.29, 1.82) is 0 Å². The second-order valence-electron chi connectivity index (χ2n) is 20.9. The fourth-order valence-electron chi connectivity index (χ4n) is 8.71. The molecule has 0 aliphatic heterocycles. The molecule has 76 heavy (non-hydrogen) atoms. The number of hydrogen-bond acceptors (Lipinski definition) is 6. The average Bonchev–Trinajstić information content (AvgIpc) is 3.42. The molecule has 0 fully saturated rings. The Kier molecular flexibility index (Phi) is 60.3. The molecule has 0 amide bonds. The van der Waals surface area contributed by atoms with E-state index in [2.05, 4.69) is 130 Å². The van der Waals surface area contributed by atoms with Crippen molar-refractivity contribution in [3.8, 4) is 0 Å². The predicted octanol–water partition coefficient (Wildman–Crippen LogP) is 21.8. The number of esters is 3. The van der Waals surface area contributed by atoms with Crippen LogP contribution in [-0.4, -0.2) is 37.2 Å². The van der Waals surface area contributed by atoms with Gasteiger partial charge in [-0.15, -0.1) is 0 Å². The van der Waals surface area contributed by atoms with Crippen molar-refractivity contribution in [2.24, 2.45) is 0 Å². The van der Waals surface area contributed by atoms with Crippen molar-refractivity contribution >= 4 is 17.9 Å².